The van der Waals surface area contributed by atoms with Crippen LogP contribution in [0, 0.1) is 5.92 Å². The van der Waals surface area contributed by atoms with E-state index in [0.29, 0.717) is 12.5 Å². The summed E-state index contributed by atoms with van der Waals surface area (Å²) in [7, 11) is 0. The standard InChI is InChI=1S/C18H29N3O2/c1-18(2,3)23-17(22)21-13-16(15-6-4-5-7-15)20-12-14-8-10-19-11-9-14/h8-11,15-16,20H,4-7,12-13H2,1-3H3,(H,21,22). The van der Waals surface area contributed by atoms with E-state index in [1.807, 2.05) is 32.9 Å². The van der Waals surface area contributed by atoms with Crippen LogP contribution in [0.15, 0.2) is 24.5 Å². The molecule has 0 aliphatic heterocycles. The fourth-order valence-electron chi connectivity index (χ4n) is 3.02. The van der Waals surface area contributed by atoms with E-state index in [1.165, 1.54) is 31.2 Å². The van der Waals surface area contributed by atoms with Crippen LogP contribution in [-0.2, 0) is 11.3 Å². The van der Waals surface area contributed by atoms with Crippen molar-refractivity contribution in [3.63, 3.8) is 0 Å². The van der Waals surface area contributed by atoms with Gasteiger partial charge >= 0.3 is 6.09 Å². The van der Waals surface area contributed by atoms with Gasteiger partial charge in [0.25, 0.3) is 0 Å². The lowest BCUT2D eigenvalue weighted by Gasteiger charge is -2.26. The van der Waals surface area contributed by atoms with Crippen molar-refractivity contribution in [1.29, 1.82) is 0 Å². The molecule has 0 radical (unpaired) electrons. The molecule has 0 spiro atoms. The molecule has 0 aromatic carbocycles. The number of ether oxygens (including phenoxy) is 1. The highest BCUT2D eigenvalue weighted by atomic mass is 16.6. The van der Waals surface area contributed by atoms with E-state index in [4.69, 9.17) is 4.74 Å². The summed E-state index contributed by atoms with van der Waals surface area (Å²) in [5.41, 5.74) is 0.748. The summed E-state index contributed by atoms with van der Waals surface area (Å²) in [5, 5.41) is 6.51. The Morgan fingerprint density at radius 1 is 1.30 bits per heavy atom. The van der Waals surface area contributed by atoms with E-state index in [0.717, 1.165) is 6.54 Å². The van der Waals surface area contributed by atoms with Crippen molar-refractivity contribution < 1.29 is 9.53 Å². The van der Waals surface area contributed by atoms with Gasteiger partial charge < -0.3 is 15.4 Å². The molecule has 1 aliphatic carbocycles. The summed E-state index contributed by atoms with van der Waals surface area (Å²) in [6.45, 7) is 7.03. The number of carbonyl (C=O) groups is 1. The van der Waals surface area contributed by atoms with Crippen LogP contribution in [0.4, 0.5) is 4.79 Å². The average molecular weight is 319 g/mol. The number of rotatable bonds is 6. The SMILES string of the molecule is CC(C)(C)OC(=O)NCC(NCc1ccncc1)C1CCCC1. The summed E-state index contributed by atoms with van der Waals surface area (Å²) < 4.78 is 5.33. The van der Waals surface area contributed by atoms with Crippen molar-refractivity contribution in [1.82, 2.24) is 15.6 Å². The van der Waals surface area contributed by atoms with E-state index < -0.39 is 5.60 Å². The maximum atomic E-state index is 11.9. The maximum absolute atomic E-state index is 11.9. The van der Waals surface area contributed by atoms with Crippen molar-refractivity contribution in [2.75, 3.05) is 6.54 Å². The van der Waals surface area contributed by atoms with Gasteiger partial charge in [0.2, 0.25) is 0 Å². The van der Waals surface area contributed by atoms with E-state index in [9.17, 15) is 4.79 Å². The predicted molar refractivity (Wildman–Crippen MR) is 91.1 cm³/mol. The smallest absolute Gasteiger partial charge is 0.407 e. The van der Waals surface area contributed by atoms with Gasteiger partial charge in [-0.15, -0.1) is 0 Å². The summed E-state index contributed by atoms with van der Waals surface area (Å²) >= 11 is 0. The Balaban J connectivity index is 1.85. The summed E-state index contributed by atoms with van der Waals surface area (Å²) in [6, 6.07) is 4.30. The highest BCUT2D eigenvalue weighted by Crippen LogP contribution is 2.27. The van der Waals surface area contributed by atoms with E-state index in [2.05, 4.69) is 15.6 Å². The minimum absolute atomic E-state index is 0.276. The zero-order chi connectivity index (χ0) is 16.7. The molecular formula is C18H29N3O2. The van der Waals surface area contributed by atoms with Gasteiger partial charge in [-0.05, 0) is 57.2 Å². The molecule has 1 amide bonds. The van der Waals surface area contributed by atoms with Crippen molar-refractivity contribution in [3.8, 4) is 0 Å². The second kappa shape index (κ2) is 8.29. The minimum Gasteiger partial charge on any atom is -0.444 e. The van der Waals surface area contributed by atoms with Gasteiger partial charge in [-0.1, -0.05) is 12.8 Å². The lowest BCUT2D eigenvalue weighted by molar-refractivity contribution is 0.0518. The number of pyridine rings is 1. The van der Waals surface area contributed by atoms with Crippen LogP contribution in [0.1, 0.15) is 52.0 Å². The number of nitrogens with one attached hydrogen (secondary N) is 2. The Morgan fingerprint density at radius 2 is 1.96 bits per heavy atom. The van der Waals surface area contributed by atoms with Crippen LogP contribution < -0.4 is 10.6 Å². The number of nitrogens with zero attached hydrogens (tertiary/aromatic N) is 1. The second-order valence-corrected chi connectivity index (χ2v) is 7.27. The topological polar surface area (TPSA) is 63.2 Å². The van der Waals surface area contributed by atoms with Gasteiger partial charge in [-0.25, -0.2) is 4.79 Å². The lowest BCUT2D eigenvalue weighted by atomic mass is 9.97. The third kappa shape index (κ3) is 6.57. The minimum atomic E-state index is -0.461. The monoisotopic (exact) mass is 319 g/mol. The van der Waals surface area contributed by atoms with Crippen molar-refractivity contribution in [3.05, 3.63) is 30.1 Å². The normalized spacial score (nSPS) is 17.0. The average Bonchev–Trinajstić information content (AvgIpc) is 3.00. The van der Waals surface area contributed by atoms with Gasteiger partial charge in [0.1, 0.15) is 5.60 Å². The molecule has 128 valence electrons. The Hall–Kier alpha value is -1.62. The highest BCUT2D eigenvalue weighted by molar-refractivity contribution is 5.67. The molecule has 1 aromatic heterocycles. The van der Waals surface area contributed by atoms with Gasteiger partial charge in [-0.3, -0.25) is 4.98 Å². The van der Waals surface area contributed by atoms with Crippen molar-refractivity contribution >= 4 is 6.09 Å². The molecule has 1 heterocycles. The molecule has 2 N–H and O–H groups in total. The number of alkyl carbamates (subject to hydrolysis) is 1. The summed E-state index contributed by atoms with van der Waals surface area (Å²) in [6.07, 6.45) is 8.29. The number of carbonyl (C=O) groups excluding carboxylic acids is 1. The zero-order valence-electron chi connectivity index (χ0n) is 14.5. The quantitative estimate of drug-likeness (QED) is 0.845. The van der Waals surface area contributed by atoms with Crippen LogP contribution in [0.25, 0.3) is 0 Å². The molecule has 1 fully saturated rings. The van der Waals surface area contributed by atoms with Crippen LogP contribution >= 0.6 is 0 Å². The zero-order valence-corrected chi connectivity index (χ0v) is 14.5. The largest absolute Gasteiger partial charge is 0.444 e. The lowest BCUT2D eigenvalue weighted by Crippen LogP contribution is -2.45. The number of hydrogen-bond acceptors (Lipinski definition) is 4. The van der Waals surface area contributed by atoms with Crippen LogP contribution in [0.2, 0.25) is 0 Å². The predicted octanol–water partition coefficient (Wildman–Crippen LogP) is 3.25. The molecular weight excluding hydrogens is 290 g/mol. The number of amides is 1. The van der Waals surface area contributed by atoms with Gasteiger partial charge in [0, 0.05) is 31.5 Å². The molecule has 1 atom stereocenters. The molecule has 2 rings (SSSR count). The Kier molecular flexibility index (Phi) is 6.39. The van der Waals surface area contributed by atoms with Gasteiger partial charge in [-0.2, -0.15) is 0 Å². The van der Waals surface area contributed by atoms with Gasteiger partial charge in [0.15, 0.2) is 0 Å². The van der Waals surface area contributed by atoms with E-state index in [1.54, 1.807) is 12.4 Å². The fraction of sp³-hybridized carbons (Fsp3) is 0.667. The fourth-order valence-corrected chi connectivity index (χ4v) is 3.02. The van der Waals surface area contributed by atoms with E-state index in [-0.39, 0.29) is 12.1 Å². The first kappa shape index (κ1) is 17.7. The third-order valence-electron chi connectivity index (χ3n) is 4.15. The molecule has 5 heteroatoms. The summed E-state index contributed by atoms with van der Waals surface area (Å²) in [4.78, 5) is 15.9. The molecule has 1 aromatic rings. The first-order valence-corrected chi connectivity index (χ1v) is 8.53. The number of aromatic nitrogens is 1. The molecule has 1 unspecified atom stereocenters. The molecule has 1 aliphatic rings. The maximum Gasteiger partial charge on any atom is 0.407 e. The highest BCUT2D eigenvalue weighted by Gasteiger charge is 2.26. The molecule has 0 saturated heterocycles. The second-order valence-electron chi connectivity index (χ2n) is 7.27. The first-order chi connectivity index (χ1) is 10.9. The molecule has 1 saturated carbocycles. The van der Waals surface area contributed by atoms with Crippen LogP contribution in [-0.4, -0.2) is 29.3 Å². The van der Waals surface area contributed by atoms with Crippen LogP contribution in [0.5, 0.6) is 0 Å². The van der Waals surface area contributed by atoms with Crippen LogP contribution in [0.3, 0.4) is 0 Å². The van der Waals surface area contributed by atoms with Crippen molar-refractivity contribution in [2.45, 2.75) is 64.6 Å². The molecule has 0 bridgehead atoms. The summed E-state index contributed by atoms with van der Waals surface area (Å²) in [5.74, 6) is 0.617. The van der Waals surface area contributed by atoms with Gasteiger partial charge in [0.05, 0.1) is 0 Å². The Morgan fingerprint density at radius 3 is 2.57 bits per heavy atom. The van der Waals surface area contributed by atoms with E-state index >= 15 is 0 Å². The molecule has 23 heavy (non-hydrogen) atoms. The first-order valence-electron chi connectivity index (χ1n) is 8.53. The third-order valence-corrected chi connectivity index (χ3v) is 4.15. The number of hydrogen-bond donors (Lipinski definition) is 2. The molecule has 5 nitrogen and oxygen atoms in total. The van der Waals surface area contributed by atoms with Crippen molar-refractivity contribution in [2.24, 2.45) is 5.92 Å². The Labute approximate surface area is 139 Å². The Bertz CT molecular complexity index is 479.